The second-order valence-corrected chi connectivity index (χ2v) is 7.02. The van der Waals surface area contributed by atoms with Crippen molar-refractivity contribution in [3.05, 3.63) is 89.4 Å². The maximum atomic E-state index is 10.5. The molecule has 3 aromatic rings. The van der Waals surface area contributed by atoms with Crippen molar-refractivity contribution in [2.75, 3.05) is 13.2 Å². The van der Waals surface area contributed by atoms with E-state index in [2.05, 4.69) is 36.1 Å². The van der Waals surface area contributed by atoms with Crippen LogP contribution < -0.4 is 4.74 Å². The lowest BCUT2D eigenvalue weighted by atomic mass is 10.1. The van der Waals surface area contributed by atoms with Crippen LogP contribution in [0.5, 0.6) is 5.75 Å². The van der Waals surface area contributed by atoms with Crippen molar-refractivity contribution in [3.8, 4) is 5.75 Å². The van der Waals surface area contributed by atoms with Crippen LogP contribution in [0.15, 0.2) is 71.3 Å². The molecule has 0 fully saturated rings. The van der Waals surface area contributed by atoms with Crippen LogP contribution in [0.25, 0.3) is 0 Å². The molecule has 142 valence electrons. The standard InChI is InChI=1S/C23H27NO3/c1-18-8-10-20(11-9-18)14-24(16-23-7-4-12-26-23)15-21(25)17-27-22-6-3-5-19(2)13-22/h3-13,21,25H,14-17H2,1-2H3. The Labute approximate surface area is 161 Å². The van der Waals surface area contributed by atoms with Gasteiger partial charge in [0.1, 0.15) is 24.2 Å². The van der Waals surface area contributed by atoms with Crippen LogP contribution in [-0.2, 0) is 13.1 Å². The van der Waals surface area contributed by atoms with Crippen LogP contribution in [0.3, 0.4) is 0 Å². The molecule has 0 spiro atoms. The highest BCUT2D eigenvalue weighted by Crippen LogP contribution is 2.15. The van der Waals surface area contributed by atoms with Gasteiger partial charge in [0, 0.05) is 13.1 Å². The van der Waals surface area contributed by atoms with Crippen molar-refractivity contribution < 1.29 is 14.3 Å². The van der Waals surface area contributed by atoms with Gasteiger partial charge in [-0.15, -0.1) is 0 Å². The SMILES string of the molecule is Cc1ccc(CN(Cc2ccco2)CC(O)COc2cccc(C)c2)cc1. The summed E-state index contributed by atoms with van der Waals surface area (Å²) in [5.74, 6) is 1.67. The van der Waals surface area contributed by atoms with Gasteiger partial charge < -0.3 is 14.3 Å². The van der Waals surface area contributed by atoms with Gasteiger partial charge in [-0.2, -0.15) is 0 Å². The Morgan fingerprint density at radius 1 is 0.963 bits per heavy atom. The molecule has 1 N–H and O–H groups in total. The smallest absolute Gasteiger partial charge is 0.119 e. The summed E-state index contributed by atoms with van der Waals surface area (Å²) in [6, 6.07) is 20.2. The van der Waals surface area contributed by atoms with E-state index in [0.29, 0.717) is 13.1 Å². The molecule has 1 atom stereocenters. The zero-order valence-corrected chi connectivity index (χ0v) is 16.0. The number of benzene rings is 2. The van der Waals surface area contributed by atoms with Crippen molar-refractivity contribution in [2.24, 2.45) is 0 Å². The van der Waals surface area contributed by atoms with Gasteiger partial charge in [-0.05, 0) is 49.2 Å². The summed E-state index contributed by atoms with van der Waals surface area (Å²) in [6.45, 7) is 6.24. The van der Waals surface area contributed by atoms with Gasteiger partial charge in [0.25, 0.3) is 0 Å². The van der Waals surface area contributed by atoms with Gasteiger partial charge in [0.15, 0.2) is 0 Å². The lowest BCUT2D eigenvalue weighted by Gasteiger charge is -2.24. The highest BCUT2D eigenvalue weighted by Gasteiger charge is 2.15. The second kappa shape index (κ2) is 9.40. The van der Waals surface area contributed by atoms with E-state index in [1.807, 2.05) is 43.3 Å². The van der Waals surface area contributed by atoms with Crippen molar-refractivity contribution in [1.29, 1.82) is 0 Å². The molecule has 4 nitrogen and oxygen atoms in total. The van der Waals surface area contributed by atoms with Crippen LogP contribution in [0.1, 0.15) is 22.5 Å². The van der Waals surface area contributed by atoms with Crippen LogP contribution in [-0.4, -0.2) is 29.3 Å². The predicted octanol–water partition coefficient (Wildman–Crippen LogP) is 4.34. The Hall–Kier alpha value is -2.56. The van der Waals surface area contributed by atoms with Crippen molar-refractivity contribution in [2.45, 2.75) is 33.0 Å². The van der Waals surface area contributed by atoms with E-state index >= 15 is 0 Å². The highest BCUT2D eigenvalue weighted by molar-refractivity contribution is 5.27. The first-order valence-electron chi connectivity index (χ1n) is 9.26. The first-order chi connectivity index (χ1) is 13.1. The van der Waals surface area contributed by atoms with Gasteiger partial charge in [-0.3, -0.25) is 4.90 Å². The van der Waals surface area contributed by atoms with E-state index in [9.17, 15) is 5.11 Å². The minimum Gasteiger partial charge on any atom is -0.491 e. The number of nitrogens with zero attached hydrogens (tertiary/aromatic N) is 1. The Morgan fingerprint density at radius 3 is 2.48 bits per heavy atom. The minimum atomic E-state index is -0.592. The number of hydrogen-bond acceptors (Lipinski definition) is 4. The average molecular weight is 365 g/mol. The molecule has 0 aliphatic heterocycles. The number of rotatable bonds is 9. The van der Waals surface area contributed by atoms with Gasteiger partial charge in [-0.25, -0.2) is 0 Å². The number of aliphatic hydroxyl groups excluding tert-OH is 1. The third kappa shape index (κ3) is 6.27. The molecule has 2 aromatic carbocycles. The van der Waals surface area contributed by atoms with Crippen LogP contribution in [0.2, 0.25) is 0 Å². The fourth-order valence-corrected chi connectivity index (χ4v) is 3.01. The van der Waals surface area contributed by atoms with Crippen molar-refractivity contribution >= 4 is 0 Å². The van der Waals surface area contributed by atoms with Gasteiger partial charge in [0.05, 0.1) is 12.8 Å². The highest BCUT2D eigenvalue weighted by atomic mass is 16.5. The normalized spacial score (nSPS) is 12.3. The molecule has 0 amide bonds. The van der Waals surface area contributed by atoms with Crippen LogP contribution in [0.4, 0.5) is 0 Å². The Morgan fingerprint density at radius 2 is 1.78 bits per heavy atom. The first kappa shape index (κ1) is 19.2. The predicted molar refractivity (Wildman–Crippen MR) is 107 cm³/mol. The molecule has 4 heteroatoms. The minimum absolute atomic E-state index is 0.256. The van der Waals surface area contributed by atoms with Gasteiger partial charge in [-0.1, -0.05) is 42.0 Å². The zero-order valence-electron chi connectivity index (χ0n) is 16.0. The Balaban J connectivity index is 1.60. The molecule has 0 aliphatic carbocycles. The molecule has 3 rings (SSSR count). The van der Waals surface area contributed by atoms with Crippen molar-refractivity contribution in [3.63, 3.8) is 0 Å². The lowest BCUT2D eigenvalue weighted by Crippen LogP contribution is -2.35. The van der Waals surface area contributed by atoms with Crippen LogP contribution >= 0.6 is 0 Å². The summed E-state index contributed by atoms with van der Waals surface area (Å²) in [5, 5.41) is 10.5. The lowest BCUT2D eigenvalue weighted by molar-refractivity contribution is 0.0604. The Bertz CT molecular complexity index is 812. The molecular formula is C23H27NO3. The third-order valence-corrected chi connectivity index (χ3v) is 4.39. The zero-order chi connectivity index (χ0) is 19.1. The summed E-state index contributed by atoms with van der Waals surface area (Å²) in [4.78, 5) is 2.17. The monoisotopic (exact) mass is 365 g/mol. The van der Waals surface area contributed by atoms with Gasteiger partial charge >= 0.3 is 0 Å². The summed E-state index contributed by atoms with van der Waals surface area (Å²) in [6.07, 6.45) is 1.09. The first-order valence-corrected chi connectivity index (χ1v) is 9.26. The number of furan rings is 1. The molecule has 1 heterocycles. The summed E-state index contributed by atoms with van der Waals surface area (Å²) in [5.41, 5.74) is 3.59. The molecule has 0 saturated heterocycles. The quantitative estimate of drug-likeness (QED) is 0.613. The van der Waals surface area contributed by atoms with E-state index in [1.165, 1.54) is 11.1 Å². The molecule has 1 unspecified atom stereocenters. The maximum Gasteiger partial charge on any atom is 0.119 e. The van der Waals surface area contributed by atoms with E-state index < -0.39 is 6.10 Å². The number of aliphatic hydroxyl groups is 1. The molecule has 0 aliphatic rings. The number of ether oxygens (including phenoxy) is 1. The average Bonchev–Trinajstić information content (AvgIpc) is 3.15. The largest absolute Gasteiger partial charge is 0.491 e. The van der Waals surface area contributed by atoms with E-state index in [4.69, 9.17) is 9.15 Å². The summed E-state index contributed by atoms with van der Waals surface area (Å²) < 4.78 is 11.2. The molecule has 27 heavy (non-hydrogen) atoms. The maximum absolute atomic E-state index is 10.5. The topological polar surface area (TPSA) is 45.8 Å². The molecule has 1 aromatic heterocycles. The third-order valence-electron chi connectivity index (χ3n) is 4.39. The number of hydrogen-bond donors (Lipinski definition) is 1. The van der Waals surface area contributed by atoms with E-state index in [1.54, 1.807) is 6.26 Å². The van der Waals surface area contributed by atoms with E-state index in [-0.39, 0.29) is 6.61 Å². The second-order valence-electron chi connectivity index (χ2n) is 7.02. The molecular weight excluding hydrogens is 338 g/mol. The Kier molecular flexibility index (Phi) is 6.69. The molecule has 0 radical (unpaired) electrons. The summed E-state index contributed by atoms with van der Waals surface area (Å²) in [7, 11) is 0. The fraction of sp³-hybridized carbons (Fsp3) is 0.304. The van der Waals surface area contributed by atoms with Crippen LogP contribution in [0, 0.1) is 13.8 Å². The fourth-order valence-electron chi connectivity index (χ4n) is 3.01. The molecule has 0 bridgehead atoms. The van der Waals surface area contributed by atoms with Gasteiger partial charge in [0.2, 0.25) is 0 Å². The summed E-state index contributed by atoms with van der Waals surface area (Å²) >= 11 is 0. The van der Waals surface area contributed by atoms with E-state index in [0.717, 1.165) is 23.6 Å². The molecule has 0 saturated carbocycles. The van der Waals surface area contributed by atoms with Crippen molar-refractivity contribution in [1.82, 2.24) is 4.90 Å². The number of aryl methyl sites for hydroxylation is 2.